The van der Waals surface area contributed by atoms with Crippen LogP contribution in [0.4, 0.5) is 6.01 Å². The lowest BCUT2D eigenvalue weighted by atomic mass is 9.79. The predicted molar refractivity (Wildman–Crippen MR) is 97.3 cm³/mol. The summed E-state index contributed by atoms with van der Waals surface area (Å²) in [6, 6.07) is 1.45. The summed E-state index contributed by atoms with van der Waals surface area (Å²) in [5.41, 5.74) is 1.21. The summed E-state index contributed by atoms with van der Waals surface area (Å²) in [6.07, 6.45) is 6.11. The molecule has 122 valence electrons. The Balaban J connectivity index is 0.00000110. The average Bonchev–Trinajstić information content (AvgIpc) is 2.80. The van der Waals surface area contributed by atoms with Gasteiger partial charge in [0.1, 0.15) is 5.76 Å². The molecule has 1 fully saturated rings. The van der Waals surface area contributed by atoms with Gasteiger partial charge in [0.25, 0.3) is 6.01 Å². The van der Waals surface area contributed by atoms with Crippen molar-refractivity contribution in [2.75, 3.05) is 32.1 Å². The standard InChI is InChI=1S/C15H25N3O.2BrH/c1-4-7-18-8-5-6-11-9-12-14(10-13(11)18)19-15(16-12)17(2)3;;/h11,13H,4-10H2,1-3H3;2*1H/t11-,13-;;/m0../s1. The van der Waals surface area contributed by atoms with Crippen LogP contribution >= 0.6 is 34.0 Å². The van der Waals surface area contributed by atoms with Gasteiger partial charge in [-0.25, -0.2) is 0 Å². The van der Waals surface area contributed by atoms with E-state index in [1.807, 2.05) is 19.0 Å². The lowest BCUT2D eigenvalue weighted by Crippen LogP contribution is -2.49. The summed E-state index contributed by atoms with van der Waals surface area (Å²) < 4.78 is 5.93. The van der Waals surface area contributed by atoms with Gasteiger partial charge in [0.2, 0.25) is 0 Å². The number of oxazole rings is 1. The molecule has 0 aromatic carbocycles. The van der Waals surface area contributed by atoms with Crippen LogP contribution in [0.5, 0.6) is 0 Å². The first-order chi connectivity index (χ1) is 9.19. The van der Waals surface area contributed by atoms with Crippen LogP contribution < -0.4 is 4.90 Å². The van der Waals surface area contributed by atoms with Crippen molar-refractivity contribution in [3.05, 3.63) is 11.5 Å². The van der Waals surface area contributed by atoms with Crippen molar-refractivity contribution < 1.29 is 4.42 Å². The number of nitrogens with zero attached hydrogens (tertiary/aromatic N) is 3. The number of rotatable bonds is 3. The first kappa shape index (κ1) is 19.0. The molecule has 1 aliphatic carbocycles. The molecule has 1 aliphatic heterocycles. The summed E-state index contributed by atoms with van der Waals surface area (Å²) in [6.45, 7) is 4.76. The zero-order valence-electron chi connectivity index (χ0n) is 13.2. The molecule has 2 atom stereocenters. The van der Waals surface area contributed by atoms with Gasteiger partial charge in [-0.15, -0.1) is 34.0 Å². The van der Waals surface area contributed by atoms with Crippen molar-refractivity contribution in [3.63, 3.8) is 0 Å². The van der Waals surface area contributed by atoms with E-state index in [1.54, 1.807) is 0 Å². The smallest absolute Gasteiger partial charge is 0.297 e. The third kappa shape index (κ3) is 3.82. The largest absolute Gasteiger partial charge is 0.428 e. The topological polar surface area (TPSA) is 32.5 Å². The number of aromatic nitrogens is 1. The molecule has 0 radical (unpaired) electrons. The number of hydrogen-bond acceptors (Lipinski definition) is 4. The van der Waals surface area contributed by atoms with Crippen molar-refractivity contribution in [3.8, 4) is 0 Å². The second kappa shape index (κ2) is 7.97. The Bertz CT molecular complexity index is 448. The Kier molecular flexibility index (Phi) is 7.20. The molecule has 0 N–H and O–H groups in total. The van der Waals surface area contributed by atoms with Crippen molar-refractivity contribution in [2.45, 2.75) is 45.1 Å². The fraction of sp³-hybridized carbons (Fsp3) is 0.800. The molecular formula is C15H27Br2N3O. The number of halogens is 2. The molecule has 2 heterocycles. The maximum atomic E-state index is 5.93. The van der Waals surface area contributed by atoms with Crippen LogP contribution in [0.1, 0.15) is 37.6 Å². The molecule has 0 amide bonds. The summed E-state index contributed by atoms with van der Waals surface area (Å²) >= 11 is 0. The fourth-order valence-corrected chi connectivity index (χ4v) is 3.63. The van der Waals surface area contributed by atoms with Crippen LogP contribution in [0, 0.1) is 5.92 Å². The number of likely N-dealkylation sites (tertiary alicyclic amines) is 1. The molecule has 6 heteroatoms. The Labute approximate surface area is 148 Å². The van der Waals surface area contributed by atoms with E-state index in [-0.39, 0.29) is 34.0 Å². The maximum Gasteiger partial charge on any atom is 0.297 e. The second-order valence-corrected chi connectivity index (χ2v) is 6.17. The molecule has 0 bridgehead atoms. The Hall–Kier alpha value is -0.0700. The molecule has 1 aromatic rings. The Morgan fingerprint density at radius 2 is 2.05 bits per heavy atom. The highest BCUT2D eigenvalue weighted by Crippen LogP contribution is 2.36. The molecule has 21 heavy (non-hydrogen) atoms. The highest BCUT2D eigenvalue weighted by molar-refractivity contribution is 8.93. The van der Waals surface area contributed by atoms with Crippen molar-refractivity contribution >= 4 is 40.0 Å². The molecule has 0 saturated carbocycles. The van der Waals surface area contributed by atoms with E-state index in [0.29, 0.717) is 6.04 Å². The number of anilines is 1. The van der Waals surface area contributed by atoms with Crippen LogP contribution in [0.25, 0.3) is 0 Å². The van der Waals surface area contributed by atoms with Crippen LogP contribution in [-0.4, -0.2) is 43.1 Å². The van der Waals surface area contributed by atoms with Gasteiger partial charge >= 0.3 is 0 Å². The monoisotopic (exact) mass is 423 g/mol. The van der Waals surface area contributed by atoms with Gasteiger partial charge < -0.3 is 9.32 Å². The highest BCUT2D eigenvalue weighted by atomic mass is 79.9. The molecule has 4 nitrogen and oxygen atoms in total. The quantitative estimate of drug-likeness (QED) is 0.743. The summed E-state index contributed by atoms with van der Waals surface area (Å²) in [4.78, 5) is 9.29. The van der Waals surface area contributed by atoms with E-state index in [2.05, 4.69) is 16.8 Å². The summed E-state index contributed by atoms with van der Waals surface area (Å²) in [5, 5.41) is 0. The van der Waals surface area contributed by atoms with Gasteiger partial charge in [0, 0.05) is 26.6 Å². The lowest BCUT2D eigenvalue weighted by Gasteiger charge is -2.43. The fourth-order valence-electron chi connectivity index (χ4n) is 3.63. The first-order valence-electron chi connectivity index (χ1n) is 7.59. The van der Waals surface area contributed by atoms with Gasteiger partial charge in [0.05, 0.1) is 5.69 Å². The van der Waals surface area contributed by atoms with Crippen LogP contribution in [0.3, 0.4) is 0 Å². The minimum absolute atomic E-state index is 0. The van der Waals surface area contributed by atoms with Crippen molar-refractivity contribution in [2.24, 2.45) is 5.92 Å². The van der Waals surface area contributed by atoms with Crippen LogP contribution in [0.15, 0.2) is 4.42 Å². The number of hydrogen-bond donors (Lipinski definition) is 0. The van der Waals surface area contributed by atoms with Gasteiger partial charge in [-0.3, -0.25) is 4.90 Å². The van der Waals surface area contributed by atoms with Crippen LogP contribution in [-0.2, 0) is 12.8 Å². The average molecular weight is 425 g/mol. The highest BCUT2D eigenvalue weighted by Gasteiger charge is 2.37. The van der Waals surface area contributed by atoms with E-state index in [1.165, 1.54) is 38.0 Å². The van der Waals surface area contributed by atoms with Crippen molar-refractivity contribution in [1.29, 1.82) is 0 Å². The number of fused-ring (bicyclic) bond motifs is 2. The van der Waals surface area contributed by atoms with E-state index < -0.39 is 0 Å². The molecular weight excluding hydrogens is 398 g/mol. The van der Waals surface area contributed by atoms with Crippen LogP contribution in [0.2, 0.25) is 0 Å². The van der Waals surface area contributed by atoms with E-state index in [0.717, 1.165) is 30.5 Å². The van der Waals surface area contributed by atoms with Gasteiger partial charge in [-0.1, -0.05) is 6.92 Å². The molecule has 2 aliphatic rings. The van der Waals surface area contributed by atoms with Gasteiger partial charge in [0.15, 0.2) is 0 Å². The molecule has 3 rings (SSSR count). The third-order valence-electron chi connectivity index (χ3n) is 4.54. The molecule has 1 aromatic heterocycles. The second-order valence-electron chi connectivity index (χ2n) is 6.17. The Morgan fingerprint density at radius 3 is 2.71 bits per heavy atom. The SMILES string of the molecule is Br.Br.CCCN1CCC[C@H]2Cc3nc(N(C)C)oc3C[C@@H]21. The third-order valence-corrected chi connectivity index (χ3v) is 4.54. The maximum absolute atomic E-state index is 5.93. The lowest BCUT2D eigenvalue weighted by molar-refractivity contribution is 0.0799. The van der Waals surface area contributed by atoms with E-state index >= 15 is 0 Å². The Morgan fingerprint density at radius 1 is 1.29 bits per heavy atom. The zero-order chi connectivity index (χ0) is 13.4. The zero-order valence-corrected chi connectivity index (χ0v) is 16.6. The van der Waals surface area contributed by atoms with Crippen molar-refractivity contribution in [1.82, 2.24) is 9.88 Å². The van der Waals surface area contributed by atoms with E-state index in [4.69, 9.17) is 4.42 Å². The van der Waals surface area contributed by atoms with E-state index in [9.17, 15) is 0 Å². The summed E-state index contributed by atoms with van der Waals surface area (Å²) in [7, 11) is 3.99. The minimum atomic E-state index is 0. The molecule has 0 unspecified atom stereocenters. The molecule has 0 spiro atoms. The minimum Gasteiger partial charge on any atom is -0.428 e. The normalized spacial score (nSPS) is 24.3. The molecule has 1 saturated heterocycles. The number of piperidine rings is 1. The first-order valence-corrected chi connectivity index (χ1v) is 7.59. The van der Waals surface area contributed by atoms with Gasteiger partial charge in [-0.05, 0) is 44.7 Å². The summed E-state index contributed by atoms with van der Waals surface area (Å²) in [5.74, 6) is 1.92. The van der Waals surface area contributed by atoms with Gasteiger partial charge in [-0.2, -0.15) is 4.98 Å². The predicted octanol–water partition coefficient (Wildman–Crippen LogP) is 3.49.